The second kappa shape index (κ2) is 9.40. The fourth-order valence-electron chi connectivity index (χ4n) is 4.81. The number of amides is 1. The van der Waals surface area contributed by atoms with Crippen LogP contribution in [-0.4, -0.2) is 45.9 Å². The van der Waals surface area contributed by atoms with Gasteiger partial charge < -0.3 is 9.64 Å². The van der Waals surface area contributed by atoms with Gasteiger partial charge in [-0.3, -0.25) is 14.7 Å². The summed E-state index contributed by atoms with van der Waals surface area (Å²) in [6.07, 6.45) is 7.68. The number of carbonyl (C=O) groups excluding carboxylic acids is 1. The van der Waals surface area contributed by atoms with E-state index < -0.39 is 0 Å². The summed E-state index contributed by atoms with van der Waals surface area (Å²) in [5, 5.41) is 0. The zero-order chi connectivity index (χ0) is 20.1. The topological polar surface area (TPSA) is 45.7 Å². The third kappa shape index (κ3) is 4.96. The third-order valence-electron chi connectivity index (χ3n) is 6.23. The maximum atomic E-state index is 12.2. The van der Waals surface area contributed by atoms with Crippen molar-refractivity contribution in [3.05, 3.63) is 59.9 Å². The first-order valence-corrected chi connectivity index (χ1v) is 10.8. The molecule has 0 aliphatic carbocycles. The quantitative estimate of drug-likeness (QED) is 0.770. The normalized spacial score (nSPS) is 22.6. The first kappa shape index (κ1) is 19.9. The van der Waals surface area contributed by atoms with Crippen LogP contribution in [0.2, 0.25) is 0 Å². The maximum absolute atomic E-state index is 12.2. The van der Waals surface area contributed by atoms with Gasteiger partial charge in [0, 0.05) is 44.8 Å². The summed E-state index contributed by atoms with van der Waals surface area (Å²) in [6.45, 7) is 5.09. The van der Waals surface area contributed by atoms with Crippen molar-refractivity contribution in [2.24, 2.45) is 0 Å². The van der Waals surface area contributed by atoms with Crippen LogP contribution in [0, 0.1) is 0 Å². The fraction of sp³-hybridized carbons (Fsp3) is 0.500. The largest absolute Gasteiger partial charge is 0.487 e. The van der Waals surface area contributed by atoms with Gasteiger partial charge in [-0.05, 0) is 49.1 Å². The molecule has 0 spiro atoms. The molecule has 2 aliphatic rings. The van der Waals surface area contributed by atoms with Crippen LogP contribution in [0.15, 0.2) is 48.7 Å². The number of carbonyl (C=O) groups is 1. The summed E-state index contributed by atoms with van der Waals surface area (Å²) in [5.74, 6) is 1.11. The van der Waals surface area contributed by atoms with Gasteiger partial charge in [-0.2, -0.15) is 0 Å². The number of hydrogen-bond donors (Lipinski definition) is 0. The molecule has 5 nitrogen and oxygen atoms in total. The molecule has 0 bridgehead atoms. The number of pyridine rings is 1. The molecule has 2 fully saturated rings. The molecule has 0 saturated carbocycles. The van der Waals surface area contributed by atoms with Gasteiger partial charge in [0.25, 0.3) is 0 Å². The highest BCUT2D eigenvalue weighted by Gasteiger charge is 2.38. The fourth-order valence-corrected chi connectivity index (χ4v) is 4.81. The minimum absolute atomic E-state index is 0.230. The van der Waals surface area contributed by atoms with Gasteiger partial charge in [0.05, 0.1) is 5.69 Å². The van der Waals surface area contributed by atoms with E-state index in [4.69, 9.17) is 4.74 Å². The molecule has 1 aromatic carbocycles. The minimum Gasteiger partial charge on any atom is -0.487 e. The predicted molar refractivity (Wildman–Crippen MR) is 113 cm³/mol. The Balaban J connectivity index is 1.41. The van der Waals surface area contributed by atoms with Gasteiger partial charge in [0.2, 0.25) is 5.91 Å². The van der Waals surface area contributed by atoms with Crippen LogP contribution in [0.5, 0.6) is 5.75 Å². The van der Waals surface area contributed by atoms with Crippen molar-refractivity contribution in [2.45, 2.75) is 64.3 Å². The Morgan fingerprint density at radius 1 is 1.07 bits per heavy atom. The summed E-state index contributed by atoms with van der Waals surface area (Å²) in [7, 11) is 0. The summed E-state index contributed by atoms with van der Waals surface area (Å²) < 4.78 is 5.95. The molecule has 2 saturated heterocycles. The molecule has 1 aromatic heterocycles. The number of nitrogens with zero attached hydrogens (tertiary/aromatic N) is 3. The van der Waals surface area contributed by atoms with Gasteiger partial charge in [-0.1, -0.05) is 31.0 Å². The molecular formula is C24H31N3O2. The lowest BCUT2D eigenvalue weighted by Gasteiger charge is -2.37. The molecule has 4 rings (SSSR count). The number of aromatic nitrogens is 1. The Labute approximate surface area is 173 Å². The molecule has 3 heterocycles. The first-order chi connectivity index (χ1) is 14.2. The van der Waals surface area contributed by atoms with Crippen molar-refractivity contribution in [3.8, 4) is 5.75 Å². The Hall–Kier alpha value is -2.40. The van der Waals surface area contributed by atoms with E-state index in [1.165, 1.54) is 24.8 Å². The maximum Gasteiger partial charge on any atom is 0.219 e. The number of hydrogen-bond acceptors (Lipinski definition) is 4. The molecule has 154 valence electrons. The van der Waals surface area contributed by atoms with Gasteiger partial charge in [-0.15, -0.1) is 0 Å². The average Bonchev–Trinajstić information content (AvgIpc) is 3.08. The highest BCUT2D eigenvalue weighted by Crippen LogP contribution is 2.31. The number of likely N-dealkylation sites (tertiary alicyclic amines) is 2. The van der Waals surface area contributed by atoms with Crippen molar-refractivity contribution < 1.29 is 9.53 Å². The molecule has 2 aromatic rings. The van der Waals surface area contributed by atoms with Gasteiger partial charge in [0.15, 0.2) is 0 Å². The Kier molecular flexibility index (Phi) is 6.45. The molecule has 29 heavy (non-hydrogen) atoms. The zero-order valence-electron chi connectivity index (χ0n) is 17.3. The van der Waals surface area contributed by atoms with Crippen LogP contribution in [0.1, 0.15) is 50.3 Å². The van der Waals surface area contributed by atoms with E-state index in [0.717, 1.165) is 43.9 Å². The lowest BCUT2D eigenvalue weighted by atomic mass is 9.97. The van der Waals surface area contributed by atoms with Crippen molar-refractivity contribution in [1.82, 2.24) is 14.8 Å². The Bertz CT molecular complexity index is 811. The molecule has 2 aliphatic heterocycles. The van der Waals surface area contributed by atoms with E-state index in [1.54, 1.807) is 13.1 Å². The van der Waals surface area contributed by atoms with E-state index in [-0.39, 0.29) is 5.91 Å². The SMILES string of the molecule is CC(=O)N1CCCCC[C@@H]2[C@@H]1CCN2Cc1cccc(OCc2ccccn2)c1. The van der Waals surface area contributed by atoms with Crippen LogP contribution in [0.4, 0.5) is 0 Å². The van der Waals surface area contributed by atoms with E-state index in [9.17, 15) is 4.79 Å². The second-order valence-corrected chi connectivity index (χ2v) is 8.21. The summed E-state index contributed by atoms with van der Waals surface area (Å²) in [6, 6.07) is 15.1. The zero-order valence-corrected chi connectivity index (χ0v) is 17.3. The van der Waals surface area contributed by atoms with E-state index in [0.29, 0.717) is 18.7 Å². The Morgan fingerprint density at radius 2 is 2.00 bits per heavy atom. The van der Waals surface area contributed by atoms with E-state index >= 15 is 0 Å². The van der Waals surface area contributed by atoms with Crippen LogP contribution < -0.4 is 4.74 Å². The summed E-state index contributed by atoms with van der Waals surface area (Å²) in [5.41, 5.74) is 2.19. The highest BCUT2D eigenvalue weighted by molar-refractivity contribution is 5.73. The first-order valence-electron chi connectivity index (χ1n) is 10.8. The predicted octanol–water partition coefficient (Wildman–Crippen LogP) is 4.03. The van der Waals surface area contributed by atoms with Gasteiger partial charge in [-0.25, -0.2) is 0 Å². The number of fused-ring (bicyclic) bond motifs is 1. The molecule has 1 amide bonds. The lowest BCUT2D eigenvalue weighted by Crippen LogP contribution is -2.48. The van der Waals surface area contributed by atoms with Crippen LogP contribution in [-0.2, 0) is 17.9 Å². The van der Waals surface area contributed by atoms with Gasteiger partial charge in [0.1, 0.15) is 12.4 Å². The molecule has 2 atom stereocenters. The minimum atomic E-state index is 0.230. The average molecular weight is 394 g/mol. The standard InChI is InChI=1S/C24H31N3O2/c1-19(28)27-14-6-2-3-11-23-24(27)12-15-26(23)17-20-8-7-10-22(16-20)29-18-21-9-4-5-13-25-21/h4-5,7-10,13,16,23-24H,2-3,6,11-12,14-15,17-18H2,1H3/t23-,24+/m1/s1. The molecule has 5 heteroatoms. The van der Waals surface area contributed by atoms with E-state index in [2.05, 4.69) is 33.0 Å². The van der Waals surface area contributed by atoms with Crippen molar-refractivity contribution in [2.75, 3.05) is 13.1 Å². The molecule has 0 unspecified atom stereocenters. The number of ether oxygens (including phenoxy) is 1. The summed E-state index contributed by atoms with van der Waals surface area (Å²) >= 11 is 0. The number of benzene rings is 1. The second-order valence-electron chi connectivity index (χ2n) is 8.21. The smallest absolute Gasteiger partial charge is 0.219 e. The summed E-state index contributed by atoms with van der Waals surface area (Å²) in [4.78, 5) is 21.2. The Morgan fingerprint density at radius 3 is 2.83 bits per heavy atom. The van der Waals surface area contributed by atoms with Crippen molar-refractivity contribution in [3.63, 3.8) is 0 Å². The molecular weight excluding hydrogens is 362 g/mol. The lowest BCUT2D eigenvalue weighted by molar-refractivity contribution is -0.132. The number of rotatable bonds is 5. The van der Waals surface area contributed by atoms with Crippen molar-refractivity contribution >= 4 is 5.91 Å². The van der Waals surface area contributed by atoms with Gasteiger partial charge >= 0.3 is 0 Å². The highest BCUT2D eigenvalue weighted by atomic mass is 16.5. The van der Waals surface area contributed by atoms with Crippen molar-refractivity contribution in [1.29, 1.82) is 0 Å². The third-order valence-corrected chi connectivity index (χ3v) is 6.23. The van der Waals surface area contributed by atoms with Crippen LogP contribution in [0.25, 0.3) is 0 Å². The molecule has 0 radical (unpaired) electrons. The monoisotopic (exact) mass is 393 g/mol. The molecule has 0 N–H and O–H groups in total. The van der Waals surface area contributed by atoms with E-state index in [1.807, 2.05) is 24.3 Å². The van der Waals surface area contributed by atoms with Crippen LogP contribution in [0.3, 0.4) is 0 Å². The van der Waals surface area contributed by atoms with Crippen LogP contribution >= 0.6 is 0 Å².